The van der Waals surface area contributed by atoms with Gasteiger partial charge in [-0.25, -0.2) is 0 Å². The molecule has 1 N–H and O–H groups in total. The molecule has 0 aromatic carbocycles. The average molecular weight is 247 g/mol. The van der Waals surface area contributed by atoms with E-state index in [0.717, 1.165) is 18.8 Å². The van der Waals surface area contributed by atoms with E-state index in [0.29, 0.717) is 17.4 Å². The number of hydrogen-bond donors (Lipinski definition) is 1. The van der Waals surface area contributed by atoms with Crippen LogP contribution in [-0.2, 0) is 0 Å². The highest BCUT2D eigenvalue weighted by Gasteiger charge is 2.27. The summed E-state index contributed by atoms with van der Waals surface area (Å²) in [4.78, 5) is 18.5. The van der Waals surface area contributed by atoms with Crippen molar-refractivity contribution in [2.24, 2.45) is 11.8 Å². The van der Waals surface area contributed by atoms with Gasteiger partial charge in [0.15, 0.2) is 0 Å². The maximum absolute atomic E-state index is 12.5. The van der Waals surface area contributed by atoms with Crippen molar-refractivity contribution in [2.45, 2.75) is 20.3 Å². The van der Waals surface area contributed by atoms with Gasteiger partial charge in [0.05, 0.1) is 17.4 Å². The van der Waals surface area contributed by atoms with Crippen molar-refractivity contribution >= 4 is 11.6 Å². The lowest BCUT2D eigenvalue weighted by atomic mass is 9.91. The summed E-state index contributed by atoms with van der Waals surface area (Å²) in [5.74, 6) is 1.27. The summed E-state index contributed by atoms with van der Waals surface area (Å²) in [6.45, 7) is 6.13. The second-order valence-electron chi connectivity index (χ2n) is 5.33. The van der Waals surface area contributed by atoms with Gasteiger partial charge in [-0.1, -0.05) is 13.8 Å². The minimum absolute atomic E-state index is 0.111. The second kappa shape index (κ2) is 5.38. The Hall–Kier alpha value is -1.58. The van der Waals surface area contributed by atoms with Gasteiger partial charge < -0.3 is 10.2 Å². The second-order valence-corrected chi connectivity index (χ2v) is 5.33. The number of nitrogens with zero attached hydrogens (tertiary/aromatic N) is 2. The minimum atomic E-state index is 0.111. The predicted molar refractivity (Wildman–Crippen MR) is 72.6 cm³/mol. The molecule has 4 nitrogen and oxygen atoms in total. The summed E-state index contributed by atoms with van der Waals surface area (Å²) in [6, 6.07) is 1.79. The number of carbonyl (C=O) groups is 1. The number of likely N-dealkylation sites (tertiary alicyclic amines) is 1. The largest absolute Gasteiger partial charge is 0.386 e. The zero-order valence-electron chi connectivity index (χ0n) is 11.3. The van der Waals surface area contributed by atoms with Crippen molar-refractivity contribution in [3.05, 3.63) is 24.0 Å². The molecule has 1 aromatic rings. The van der Waals surface area contributed by atoms with Crippen LogP contribution >= 0.6 is 0 Å². The fourth-order valence-corrected chi connectivity index (χ4v) is 2.78. The number of pyridine rings is 1. The molecular formula is C14H21N3O. The van der Waals surface area contributed by atoms with Gasteiger partial charge in [0.2, 0.25) is 0 Å². The van der Waals surface area contributed by atoms with Crippen LogP contribution in [0.2, 0.25) is 0 Å². The molecule has 2 heterocycles. The monoisotopic (exact) mass is 247 g/mol. The lowest BCUT2D eigenvalue weighted by molar-refractivity contribution is 0.0624. The van der Waals surface area contributed by atoms with Crippen molar-refractivity contribution in [3.63, 3.8) is 0 Å². The first-order valence-corrected chi connectivity index (χ1v) is 6.52. The molecule has 0 bridgehead atoms. The molecule has 0 saturated carbocycles. The van der Waals surface area contributed by atoms with Crippen LogP contribution in [0, 0.1) is 11.8 Å². The van der Waals surface area contributed by atoms with Gasteiger partial charge in [-0.15, -0.1) is 0 Å². The van der Waals surface area contributed by atoms with E-state index in [2.05, 4.69) is 24.1 Å². The smallest absolute Gasteiger partial charge is 0.256 e. The molecule has 1 fully saturated rings. The Morgan fingerprint density at radius 1 is 1.39 bits per heavy atom. The molecule has 0 spiro atoms. The van der Waals surface area contributed by atoms with Gasteiger partial charge in [0, 0.05) is 26.3 Å². The molecule has 2 atom stereocenters. The van der Waals surface area contributed by atoms with Crippen LogP contribution < -0.4 is 5.32 Å². The Morgan fingerprint density at radius 3 is 2.67 bits per heavy atom. The zero-order valence-corrected chi connectivity index (χ0v) is 11.3. The molecule has 0 radical (unpaired) electrons. The molecule has 18 heavy (non-hydrogen) atoms. The van der Waals surface area contributed by atoms with Gasteiger partial charge in [0.1, 0.15) is 0 Å². The molecular weight excluding hydrogens is 226 g/mol. The summed E-state index contributed by atoms with van der Waals surface area (Å²) in [6.07, 6.45) is 4.58. The number of carbonyl (C=O) groups excluding carboxylic acids is 1. The van der Waals surface area contributed by atoms with E-state index in [1.807, 2.05) is 11.9 Å². The van der Waals surface area contributed by atoms with E-state index >= 15 is 0 Å². The molecule has 1 amide bonds. The molecule has 98 valence electrons. The predicted octanol–water partition coefficient (Wildman–Crippen LogP) is 2.24. The normalized spacial score (nSPS) is 23.8. The van der Waals surface area contributed by atoms with E-state index < -0.39 is 0 Å². The molecule has 1 aliphatic heterocycles. The Bertz CT molecular complexity index is 423. The van der Waals surface area contributed by atoms with Crippen molar-refractivity contribution in [2.75, 3.05) is 25.5 Å². The Kier molecular flexibility index (Phi) is 3.84. The third-order valence-corrected chi connectivity index (χ3v) is 3.48. The highest BCUT2D eigenvalue weighted by atomic mass is 16.2. The van der Waals surface area contributed by atoms with Crippen LogP contribution in [0.5, 0.6) is 0 Å². The number of amides is 1. The van der Waals surface area contributed by atoms with Crippen LogP contribution in [-0.4, -0.2) is 35.9 Å². The average Bonchev–Trinajstić information content (AvgIpc) is 2.36. The third kappa shape index (κ3) is 2.63. The zero-order chi connectivity index (χ0) is 13.1. The van der Waals surface area contributed by atoms with E-state index in [1.165, 1.54) is 6.42 Å². The lowest BCUT2D eigenvalue weighted by Crippen LogP contribution is -2.42. The first-order chi connectivity index (χ1) is 8.61. The molecule has 0 aliphatic carbocycles. The van der Waals surface area contributed by atoms with Crippen molar-refractivity contribution in [1.29, 1.82) is 0 Å². The Morgan fingerprint density at radius 2 is 2.06 bits per heavy atom. The number of nitrogens with one attached hydrogen (secondary N) is 1. The first-order valence-electron chi connectivity index (χ1n) is 6.52. The number of hydrogen-bond acceptors (Lipinski definition) is 3. The van der Waals surface area contributed by atoms with Gasteiger partial charge in [-0.2, -0.15) is 0 Å². The van der Waals surface area contributed by atoms with Crippen molar-refractivity contribution < 1.29 is 4.79 Å². The molecule has 4 heteroatoms. The SMILES string of the molecule is CNc1cnccc1C(=O)N1CC(C)CC(C)C1. The molecule has 1 aliphatic rings. The van der Waals surface area contributed by atoms with Gasteiger partial charge >= 0.3 is 0 Å². The highest BCUT2D eigenvalue weighted by molar-refractivity contribution is 5.99. The summed E-state index contributed by atoms with van der Waals surface area (Å²) in [7, 11) is 1.81. The quantitative estimate of drug-likeness (QED) is 0.871. The van der Waals surface area contributed by atoms with E-state index in [-0.39, 0.29) is 5.91 Å². The first kappa shape index (κ1) is 12.9. The van der Waals surface area contributed by atoms with Crippen LogP contribution in [0.3, 0.4) is 0 Å². The van der Waals surface area contributed by atoms with Crippen LogP contribution in [0.4, 0.5) is 5.69 Å². The van der Waals surface area contributed by atoms with E-state index in [9.17, 15) is 4.79 Å². The summed E-state index contributed by atoms with van der Waals surface area (Å²) < 4.78 is 0. The summed E-state index contributed by atoms with van der Waals surface area (Å²) >= 11 is 0. The third-order valence-electron chi connectivity index (χ3n) is 3.48. The van der Waals surface area contributed by atoms with Crippen LogP contribution in [0.1, 0.15) is 30.6 Å². The van der Waals surface area contributed by atoms with E-state index in [4.69, 9.17) is 0 Å². The molecule has 1 saturated heterocycles. The topological polar surface area (TPSA) is 45.2 Å². The number of piperidine rings is 1. The number of anilines is 1. The number of aromatic nitrogens is 1. The fraction of sp³-hybridized carbons (Fsp3) is 0.571. The molecule has 2 rings (SSSR count). The maximum atomic E-state index is 12.5. The van der Waals surface area contributed by atoms with Crippen LogP contribution in [0.15, 0.2) is 18.5 Å². The van der Waals surface area contributed by atoms with Crippen molar-refractivity contribution in [1.82, 2.24) is 9.88 Å². The van der Waals surface area contributed by atoms with E-state index in [1.54, 1.807) is 18.5 Å². The maximum Gasteiger partial charge on any atom is 0.256 e. The lowest BCUT2D eigenvalue weighted by Gasteiger charge is -2.35. The minimum Gasteiger partial charge on any atom is -0.386 e. The summed E-state index contributed by atoms with van der Waals surface area (Å²) in [5.41, 5.74) is 1.52. The Balaban J connectivity index is 2.20. The van der Waals surface area contributed by atoms with Crippen LogP contribution in [0.25, 0.3) is 0 Å². The van der Waals surface area contributed by atoms with Gasteiger partial charge in [0.25, 0.3) is 5.91 Å². The summed E-state index contributed by atoms with van der Waals surface area (Å²) in [5, 5.41) is 3.03. The number of rotatable bonds is 2. The fourth-order valence-electron chi connectivity index (χ4n) is 2.78. The highest BCUT2D eigenvalue weighted by Crippen LogP contribution is 2.24. The molecule has 2 unspecified atom stereocenters. The van der Waals surface area contributed by atoms with Crippen molar-refractivity contribution in [3.8, 4) is 0 Å². The molecule has 1 aromatic heterocycles. The Labute approximate surface area is 108 Å². The van der Waals surface area contributed by atoms with Gasteiger partial charge in [-0.3, -0.25) is 9.78 Å². The van der Waals surface area contributed by atoms with Gasteiger partial charge in [-0.05, 0) is 24.3 Å². The standard InChI is InChI=1S/C14H21N3O/c1-10-6-11(2)9-17(8-10)14(18)12-4-5-16-7-13(12)15-3/h4-5,7,10-11,15H,6,8-9H2,1-3H3.